The van der Waals surface area contributed by atoms with E-state index in [0.717, 1.165) is 18.9 Å². The molecule has 0 saturated heterocycles. The van der Waals surface area contributed by atoms with Crippen molar-refractivity contribution in [2.24, 2.45) is 10.8 Å². The minimum Gasteiger partial charge on any atom is -0.477 e. The second-order valence-electron chi connectivity index (χ2n) is 7.36. The molecular formula is C16H25NO. The van der Waals surface area contributed by atoms with Crippen LogP contribution in [0.2, 0.25) is 0 Å². The molecule has 1 aliphatic rings. The van der Waals surface area contributed by atoms with Crippen molar-refractivity contribution in [3.63, 3.8) is 0 Å². The fraction of sp³-hybridized carbons (Fsp3) is 0.688. The van der Waals surface area contributed by atoms with Gasteiger partial charge in [-0.1, -0.05) is 47.6 Å². The molecular weight excluding hydrogens is 222 g/mol. The molecule has 2 nitrogen and oxygen atoms in total. The van der Waals surface area contributed by atoms with E-state index in [1.54, 1.807) is 0 Å². The highest BCUT2D eigenvalue weighted by Gasteiger charge is 2.54. The molecule has 1 aliphatic heterocycles. The Hall–Kier alpha value is -1.05. The molecule has 1 aromatic heterocycles. The molecule has 0 unspecified atom stereocenters. The Morgan fingerprint density at radius 2 is 1.72 bits per heavy atom. The highest BCUT2D eigenvalue weighted by Crippen LogP contribution is 2.58. The summed E-state index contributed by atoms with van der Waals surface area (Å²) in [5.74, 6) is 0.827. The molecule has 2 heterocycles. The Kier molecular flexibility index (Phi) is 2.95. The van der Waals surface area contributed by atoms with Crippen molar-refractivity contribution in [2.45, 2.75) is 53.4 Å². The van der Waals surface area contributed by atoms with Crippen LogP contribution in [0.3, 0.4) is 0 Å². The molecule has 0 saturated carbocycles. The number of aromatic nitrogens is 1. The van der Waals surface area contributed by atoms with Crippen molar-refractivity contribution >= 4 is 0 Å². The predicted molar refractivity (Wildman–Crippen MR) is 74.9 cm³/mol. The second-order valence-corrected chi connectivity index (χ2v) is 7.36. The van der Waals surface area contributed by atoms with E-state index in [1.807, 2.05) is 12.3 Å². The highest BCUT2D eigenvalue weighted by molar-refractivity contribution is 5.39. The van der Waals surface area contributed by atoms with E-state index in [2.05, 4.69) is 52.6 Å². The van der Waals surface area contributed by atoms with E-state index >= 15 is 0 Å². The quantitative estimate of drug-likeness (QED) is 0.685. The average Bonchev–Trinajstić information content (AvgIpc) is 2.25. The SMILES string of the molecule is CC(C)(C)C1(C(C)(C)C)CCOc2ncccc21. The van der Waals surface area contributed by atoms with Gasteiger partial charge in [0.25, 0.3) is 0 Å². The summed E-state index contributed by atoms with van der Waals surface area (Å²) in [6.07, 6.45) is 2.87. The number of pyridine rings is 1. The number of hydrogen-bond donors (Lipinski definition) is 0. The Bertz CT molecular complexity index is 423. The third-order valence-electron chi connectivity index (χ3n) is 4.51. The van der Waals surface area contributed by atoms with Crippen molar-refractivity contribution in [1.29, 1.82) is 0 Å². The minimum absolute atomic E-state index is 0.0991. The largest absolute Gasteiger partial charge is 0.477 e. The van der Waals surface area contributed by atoms with Crippen molar-refractivity contribution in [1.82, 2.24) is 4.98 Å². The first-order valence-corrected chi connectivity index (χ1v) is 6.78. The van der Waals surface area contributed by atoms with Crippen LogP contribution >= 0.6 is 0 Å². The molecule has 0 atom stereocenters. The van der Waals surface area contributed by atoms with Gasteiger partial charge in [0.2, 0.25) is 5.88 Å². The lowest BCUT2D eigenvalue weighted by Crippen LogP contribution is -2.53. The highest BCUT2D eigenvalue weighted by atomic mass is 16.5. The third-order valence-corrected chi connectivity index (χ3v) is 4.51. The monoisotopic (exact) mass is 247 g/mol. The van der Waals surface area contributed by atoms with Gasteiger partial charge in [-0.05, 0) is 23.3 Å². The summed E-state index contributed by atoms with van der Waals surface area (Å²) in [4.78, 5) is 4.42. The lowest BCUT2D eigenvalue weighted by atomic mass is 9.49. The van der Waals surface area contributed by atoms with Crippen molar-refractivity contribution in [3.05, 3.63) is 23.9 Å². The maximum atomic E-state index is 5.76. The normalized spacial score (nSPS) is 19.0. The van der Waals surface area contributed by atoms with Crippen molar-refractivity contribution in [2.75, 3.05) is 6.61 Å². The number of rotatable bonds is 0. The first kappa shape index (κ1) is 13.4. The van der Waals surface area contributed by atoms with E-state index < -0.39 is 0 Å². The summed E-state index contributed by atoms with van der Waals surface area (Å²) >= 11 is 0. The van der Waals surface area contributed by atoms with Gasteiger partial charge in [0.15, 0.2) is 0 Å². The molecule has 0 aromatic carbocycles. The summed E-state index contributed by atoms with van der Waals surface area (Å²) in [5.41, 5.74) is 1.72. The van der Waals surface area contributed by atoms with Crippen LogP contribution in [0.15, 0.2) is 18.3 Å². The van der Waals surface area contributed by atoms with E-state index in [1.165, 1.54) is 5.56 Å². The first-order chi connectivity index (χ1) is 8.20. The van der Waals surface area contributed by atoms with E-state index in [4.69, 9.17) is 4.74 Å². The number of fused-ring (bicyclic) bond motifs is 1. The van der Waals surface area contributed by atoms with Crippen LogP contribution < -0.4 is 4.74 Å². The van der Waals surface area contributed by atoms with Gasteiger partial charge < -0.3 is 4.74 Å². The van der Waals surface area contributed by atoms with Gasteiger partial charge in [0.1, 0.15) is 0 Å². The molecule has 0 amide bonds. The van der Waals surface area contributed by atoms with Crippen LogP contribution in [0, 0.1) is 10.8 Å². The zero-order valence-corrected chi connectivity index (χ0v) is 12.5. The molecule has 1 aromatic rings. The lowest BCUT2D eigenvalue weighted by Gasteiger charge is -2.55. The number of nitrogens with zero attached hydrogens (tertiary/aromatic N) is 1. The molecule has 0 radical (unpaired) electrons. The number of ether oxygens (including phenoxy) is 1. The summed E-state index contributed by atoms with van der Waals surface area (Å²) in [6.45, 7) is 14.8. The fourth-order valence-electron chi connectivity index (χ4n) is 3.95. The zero-order chi connectivity index (χ0) is 13.6. The van der Waals surface area contributed by atoms with E-state index in [0.29, 0.717) is 0 Å². The van der Waals surface area contributed by atoms with Crippen LogP contribution in [-0.4, -0.2) is 11.6 Å². The standard InChI is InChI=1S/C16H25NO/c1-14(2,3)16(15(4,5)6)9-11-18-13-12(16)8-7-10-17-13/h7-8,10H,9,11H2,1-6H3. The first-order valence-electron chi connectivity index (χ1n) is 6.78. The summed E-state index contributed by atoms with van der Waals surface area (Å²) in [6, 6.07) is 4.22. The van der Waals surface area contributed by atoms with Crippen LogP contribution in [0.5, 0.6) is 5.88 Å². The lowest BCUT2D eigenvalue weighted by molar-refractivity contribution is 0.0103. The van der Waals surface area contributed by atoms with Crippen LogP contribution in [-0.2, 0) is 5.41 Å². The molecule has 100 valence electrons. The Morgan fingerprint density at radius 1 is 1.11 bits per heavy atom. The molecule has 2 rings (SSSR count). The molecule has 0 N–H and O–H groups in total. The Labute approximate surface area is 111 Å². The summed E-state index contributed by atoms with van der Waals surface area (Å²) in [5, 5.41) is 0. The van der Waals surface area contributed by atoms with Gasteiger partial charge >= 0.3 is 0 Å². The average molecular weight is 247 g/mol. The fourth-order valence-corrected chi connectivity index (χ4v) is 3.95. The van der Waals surface area contributed by atoms with Gasteiger partial charge in [0.05, 0.1) is 6.61 Å². The predicted octanol–water partition coefficient (Wildman–Crippen LogP) is 4.19. The molecule has 2 heteroatoms. The summed E-state index contributed by atoms with van der Waals surface area (Å²) < 4.78 is 5.76. The van der Waals surface area contributed by atoms with Gasteiger partial charge in [-0.3, -0.25) is 0 Å². The molecule has 0 aliphatic carbocycles. The Balaban J connectivity index is 2.72. The smallest absolute Gasteiger partial charge is 0.217 e. The van der Waals surface area contributed by atoms with Gasteiger partial charge in [-0.15, -0.1) is 0 Å². The molecule has 0 fully saturated rings. The van der Waals surface area contributed by atoms with Crippen molar-refractivity contribution < 1.29 is 4.74 Å². The van der Waals surface area contributed by atoms with Crippen LogP contribution in [0.1, 0.15) is 53.5 Å². The van der Waals surface area contributed by atoms with E-state index in [-0.39, 0.29) is 16.2 Å². The number of hydrogen-bond acceptors (Lipinski definition) is 2. The molecule has 0 bridgehead atoms. The summed E-state index contributed by atoms with van der Waals surface area (Å²) in [7, 11) is 0. The van der Waals surface area contributed by atoms with Gasteiger partial charge in [-0.25, -0.2) is 4.98 Å². The van der Waals surface area contributed by atoms with Gasteiger partial charge in [-0.2, -0.15) is 0 Å². The molecule has 18 heavy (non-hydrogen) atoms. The van der Waals surface area contributed by atoms with Gasteiger partial charge in [0, 0.05) is 17.2 Å². The van der Waals surface area contributed by atoms with Crippen molar-refractivity contribution in [3.8, 4) is 5.88 Å². The zero-order valence-electron chi connectivity index (χ0n) is 12.5. The van der Waals surface area contributed by atoms with E-state index in [9.17, 15) is 0 Å². The molecule has 0 spiro atoms. The maximum absolute atomic E-state index is 5.76. The van der Waals surface area contributed by atoms with Crippen LogP contribution in [0.4, 0.5) is 0 Å². The van der Waals surface area contributed by atoms with Crippen LogP contribution in [0.25, 0.3) is 0 Å². The minimum atomic E-state index is 0.0991. The topological polar surface area (TPSA) is 22.1 Å². The maximum Gasteiger partial charge on any atom is 0.217 e. The third kappa shape index (κ3) is 1.73. The Morgan fingerprint density at radius 3 is 2.28 bits per heavy atom. The second kappa shape index (κ2) is 3.97.